The molecule has 0 aromatic heterocycles. The molecule has 0 aliphatic rings. The Hall–Kier alpha value is -0.160. The van der Waals surface area contributed by atoms with Crippen molar-refractivity contribution in [3.63, 3.8) is 0 Å². The van der Waals surface area contributed by atoms with Gasteiger partial charge < -0.3 is 19.7 Å². The van der Waals surface area contributed by atoms with Crippen molar-refractivity contribution in [2.24, 2.45) is 0 Å². The molecule has 4 nitrogen and oxygen atoms in total. The Morgan fingerprint density at radius 2 is 1.25 bits per heavy atom. The van der Waals surface area contributed by atoms with Crippen LogP contribution in [-0.4, -0.2) is 49.4 Å². The average molecular weight is 347 g/mol. The molecule has 0 saturated heterocycles. The number of methoxy groups -OCH3 is 1. The number of hydrogen-bond acceptors (Lipinski definition) is 4. The van der Waals surface area contributed by atoms with Gasteiger partial charge in [-0.3, -0.25) is 0 Å². The number of unbranched alkanes of at least 4 members (excludes halogenated alkanes) is 11. The van der Waals surface area contributed by atoms with Crippen molar-refractivity contribution >= 4 is 0 Å². The highest BCUT2D eigenvalue weighted by Gasteiger charge is 2.09. The second kappa shape index (κ2) is 19.2. The van der Waals surface area contributed by atoms with Crippen molar-refractivity contribution in [3.05, 3.63) is 0 Å². The Kier molecular flexibility index (Phi) is 19.0. The highest BCUT2D eigenvalue weighted by Crippen LogP contribution is 2.13. The molecule has 2 N–H and O–H groups in total. The highest BCUT2D eigenvalue weighted by atomic mass is 16.5. The van der Waals surface area contributed by atoms with Crippen LogP contribution in [0.5, 0.6) is 0 Å². The molecule has 0 bridgehead atoms. The Labute approximate surface area is 149 Å². The molecule has 0 aromatic rings. The van der Waals surface area contributed by atoms with Crippen LogP contribution in [0.1, 0.15) is 90.4 Å². The van der Waals surface area contributed by atoms with Crippen LogP contribution in [0, 0.1) is 0 Å². The molecule has 0 rings (SSSR count). The largest absolute Gasteiger partial charge is 0.394 e. The van der Waals surface area contributed by atoms with Crippen molar-refractivity contribution in [2.75, 3.05) is 26.9 Å². The fourth-order valence-electron chi connectivity index (χ4n) is 2.87. The predicted molar refractivity (Wildman–Crippen MR) is 100 cm³/mol. The molecular weight excluding hydrogens is 304 g/mol. The van der Waals surface area contributed by atoms with E-state index in [4.69, 9.17) is 14.6 Å². The Morgan fingerprint density at radius 3 is 1.71 bits per heavy atom. The molecule has 0 radical (unpaired) electrons. The second-order valence-corrected chi connectivity index (χ2v) is 6.91. The number of aliphatic hydroxyl groups is 2. The topological polar surface area (TPSA) is 58.9 Å². The molecule has 1 unspecified atom stereocenters. The summed E-state index contributed by atoms with van der Waals surface area (Å²) in [6.07, 6.45) is 16.6. The van der Waals surface area contributed by atoms with Gasteiger partial charge in [0, 0.05) is 7.11 Å². The zero-order valence-corrected chi connectivity index (χ0v) is 16.2. The van der Waals surface area contributed by atoms with Gasteiger partial charge in [-0.25, -0.2) is 0 Å². The minimum atomic E-state index is -0.783. The van der Waals surface area contributed by atoms with Crippen molar-refractivity contribution in [1.29, 1.82) is 0 Å². The molecule has 0 aromatic carbocycles. The number of ether oxygens (including phenoxy) is 2. The number of rotatable bonds is 19. The maximum absolute atomic E-state index is 9.22. The summed E-state index contributed by atoms with van der Waals surface area (Å²) in [4.78, 5) is 0. The smallest absolute Gasteiger partial charge is 0.100 e. The predicted octanol–water partition coefficient (Wildman–Crippen LogP) is 4.46. The van der Waals surface area contributed by atoms with Crippen molar-refractivity contribution in [1.82, 2.24) is 0 Å². The summed E-state index contributed by atoms with van der Waals surface area (Å²) in [6.45, 7) is 2.68. The van der Waals surface area contributed by atoms with E-state index < -0.39 is 6.10 Å². The lowest BCUT2D eigenvalue weighted by Gasteiger charge is -2.16. The monoisotopic (exact) mass is 346 g/mol. The third-order valence-corrected chi connectivity index (χ3v) is 4.54. The van der Waals surface area contributed by atoms with Crippen LogP contribution in [0.2, 0.25) is 0 Å². The van der Waals surface area contributed by atoms with E-state index in [0.29, 0.717) is 6.61 Å². The van der Waals surface area contributed by atoms with Crippen LogP contribution >= 0.6 is 0 Å². The standard InChI is InChI=1S/C20H42O4/c1-3-4-5-6-7-8-9-10-11-12-13-14-15-20(23-2)18-24-17-19(22)16-21/h19-22H,3-18H2,1-2H3/t19-,20?/m0/s1. The molecule has 0 spiro atoms. The van der Waals surface area contributed by atoms with Crippen LogP contribution in [0.3, 0.4) is 0 Å². The minimum absolute atomic E-state index is 0.0963. The summed E-state index contributed by atoms with van der Waals surface area (Å²) in [5.41, 5.74) is 0. The van der Waals surface area contributed by atoms with Gasteiger partial charge in [-0.05, 0) is 6.42 Å². The van der Waals surface area contributed by atoms with Crippen LogP contribution < -0.4 is 0 Å². The van der Waals surface area contributed by atoms with Crippen LogP contribution in [0.4, 0.5) is 0 Å². The summed E-state index contributed by atoms with van der Waals surface area (Å²) in [7, 11) is 1.71. The third kappa shape index (κ3) is 16.7. The van der Waals surface area contributed by atoms with Gasteiger partial charge in [0.2, 0.25) is 0 Å². The molecule has 0 amide bonds. The van der Waals surface area contributed by atoms with E-state index in [-0.39, 0.29) is 19.3 Å². The van der Waals surface area contributed by atoms with E-state index in [9.17, 15) is 5.11 Å². The summed E-state index contributed by atoms with van der Waals surface area (Å²) in [5, 5.41) is 17.9. The van der Waals surface area contributed by atoms with E-state index >= 15 is 0 Å². The van der Waals surface area contributed by atoms with Gasteiger partial charge in [-0.2, -0.15) is 0 Å². The SMILES string of the molecule is CCCCCCCCCCCCCCC(COC[C@@H](O)CO)OC. The lowest BCUT2D eigenvalue weighted by atomic mass is 10.0. The Bertz CT molecular complexity index is 236. The molecule has 0 aliphatic carbocycles. The lowest BCUT2D eigenvalue weighted by Crippen LogP contribution is -2.24. The number of hydrogen-bond donors (Lipinski definition) is 2. The summed E-state index contributed by atoms with van der Waals surface area (Å²) < 4.78 is 10.8. The first-order chi connectivity index (χ1) is 11.7. The van der Waals surface area contributed by atoms with Crippen molar-refractivity contribution < 1.29 is 19.7 Å². The normalized spacial score (nSPS) is 14.0. The van der Waals surface area contributed by atoms with Gasteiger partial charge in [0.05, 0.1) is 25.9 Å². The number of aliphatic hydroxyl groups excluding tert-OH is 2. The van der Waals surface area contributed by atoms with Gasteiger partial charge in [0.15, 0.2) is 0 Å². The molecule has 4 heteroatoms. The molecular formula is C20H42O4. The van der Waals surface area contributed by atoms with Crippen molar-refractivity contribution in [3.8, 4) is 0 Å². The van der Waals surface area contributed by atoms with E-state index in [0.717, 1.165) is 6.42 Å². The maximum atomic E-state index is 9.22. The first-order valence-electron chi connectivity index (χ1n) is 10.1. The molecule has 0 heterocycles. The van der Waals surface area contributed by atoms with Gasteiger partial charge in [-0.15, -0.1) is 0 Å². The lowest BCUT2D eigenvalue weighted by molar-refractivity contribution is -0.0381. The highest BCUT2D eigenvalue weighted by molar-refractivity contribution is 4.59. The second-order valence-electron chi connectivity index (χ2n) is 6.91. The van der Waals surface area contributed by atoms with Gasteiger partial charge in [0.1, 0.15) is 6.10 Å². The van der Waals surface area contributed by atoms with E-state index in [1.165, 1.54) is 77.0 Å². The van der Waals surface area contributed by atoms with Crippen LogP contribution in [0.25, 0.3) is 0 Å². The fraction of sp³-hybridized carbons (Fsp3) is 1.00. The molecule has 146 valence electrons. The maximum Gasteiger partial charge on any atom is 0.100 e. The Balaban J connectivity index is 3.29. The van der Waals surface area contributed by atoms with E-state index in [1.54, 1.807) is 7.11 Å². The fourth-order valence-corrected chi connectivity index (χ4v) is 2.87. The van der Waals surface area contributed by atoms with Gasteiger partial charge >= 0.3 is 0 Å². The third-order valence-electron chi connectivity index (χ3n) is 4.54. The van der Waals surface area contributed by atoms with Gasteiger partial charge in [-0.1, -0.05) is 84.0 Å². The quantitative estimate of drug-likeness (QED) is 0.339. The summed E-state index contributed by atoms with van der Waals surface area (Å²) >= 11 is 0. The minimum Gasteiger partial charge on any atom is -0.394 e. The molecule has 2 atom stereocenters. The molecule has 0 fully saturated rings. The van der Waals surface area contributed by atoms with Crippen molar-refractivity contribution in [2.45, 2.75) is 103 Å². The molecule has 0 saturated carbocycles. The summed E-state index contributed by atoms with van der Waals surface area (Å²) in [5.74, 6) is 0. The average Bonchev–Trinajstić information content (AvgIpc) is 2.60. The molecule has 0 aliphatic heterocycles. The van der Waals surface area contributed by atoms with E-state index in [2.05, 4.69) is 6.92 Å². The summed E-state index contributed by atoms with van der Waals surface area (Å²) in [6, 6.07) is 0. The molecule has 24 heavy (non-hydrogen) atoms. The zero-order valence-electron chi connectivity index (χ0n) is 16.2. The zero-order chi connectivity index (χ0) is 17.9. The van der Waals surface area contributed by atoms with Gasteiger partial charge in [0.25, 0.3) is 0 Å². The first kappa shape index (κ1) is 23.8. The van der Waals surface area contributed by atoms with Crippen LogP contribution in [-0.2, 0) is 9.47 Å². The van der Waals surface area contributed by atoms with Crippen LogP contribution in [0.15, 0.2) is 0 Å². The Morgan fingerprint density at radius 1 is 0.750 bits per heavy atom. The van der Waals surface area contributed by atoms with E-state index in [1.807, 2.05) is 0 Å². The first-order valence-corrected chi connectivity index (χ1v) is 10.1.